The zero-order valence-electron chi connectivity index (χ0n) is 41.0. The second-order valence-corrected chi connectivity index (χ2v) is 20.7. The predicted octanol–water partition coefficient (Wildman–Crippen LogP) is -15.7. The Morgan fingerprint density at radius 2 is 0.519 bits per heavy atom. The van der Waals surface area contributed by atoms with Crippen LogP contribution >= 0.6 is 12.6 Å². The third-order valence-electron chi connectivity index (χ3n) is 15.0. The van der Waals surface area contributed by atoms with Crippen molar-refractivity contribution in [3.63, 3.8) is 0 Å². The summed E-state index contributed by atoms with van der Waals surface area (Å²) in [6.45, 7) is -7.94. The van der Waals surface area contributed by atoms with Crippen LogP contribution in [0.15, 0.2) is 0 Å². The van der Waals surface area contributed by atoms with Gasteiger partial charge in [0.15, 0.2) is 37.7 Å². The Balaban J connectivity index is 1.16. The Labute approximate surface area is 450 Å². The molecule has 23 heterocycles. The van der Waals surface area contributed by atoms with Gasteiger partial charge in [-0.05, 0) is 0 Å². The highest BCUT2D eigenvalue weighted by Gasteiger charge is 2.67. The van der Waals surface area contributed by atoms with Crippen LogP contribution < -0.4 is 0 Å². The van der Waals surface area contributed by atoms with Crippen molar-refractivity contribution < 1.29 is 179 Å². The molecule has 0 saturated carbocycles. The molecule has 0 spiro atoms. The zero-order valence-corrected chi connectivity index (χ0v) is 41.9. The Kier molecular flexibility index (Phi) is 20.9. The van der Waals surface area contributed by atoms with Gasteiger partial charge in [0, 0.05) is 0 Å². The molecule has 460 valence electrons. The van der Waals surface area contributed by atoms with E-state index in [-0.39, 0.29) is 0 Å². The molecular formula is C42H70O36S. The fourth-order valence-corrected chi connectivity index (χ4v) is 10.7. The molecule has 79 heavy (non-hydrogen) atoms. The Bertz CT molecular complexity index is 1930. The van der Waals surface area contributed by atoms with Gasteiger partial charge in [-0.25, -0.2) is 0 Å². The molecule has 36 nitrogen and oxygen atoms in total. The number of thiol groups is 1. The molecule has 23 saturated heterocycles. The molecule has 22 N–H and O–H groups in total. The third kappa shape index (κ3) is 12.0. The van der Waals surface area contributed by atoms with Crippen LogP contribution in [0.5, 0.6) is 0 Å². The normalized spacial score (nSPS) is 56.0. The second-order valence-electron chi connectivity index (χ2n) is 20.0. The lowest BCUT2D eigenvalue weighted by atomic mass is 9.94. The van der Waals surface area contributed by atoms with Crippen molar-refractivity contribution in [3.05, 3.63) is 0 Å². The summed E-state index contributed by atoms with van der Waals surface area (Å²) in [5, 5.41) is 243. The van der Waals surface area contributed by atoms with Crippen LogP contribution in [0.4, 0.5) is 0 Å². The van der Waals surface area contributed by atoms with Crippen LogP contribution in [0.1, 0.15) is 0 Å². The molecule has 37 heteroatoms. The summed E-state index contributed by atoms with van der Waals surface area (Å²) >= 11 is 3.83. The first kappa shape index (κ1) is 63.9. The van der Waals surface area contributed by atoms with Gasteiger partial charge < -0.3 is 179 Å². The molecule has 0 amide bonds. The number of ether oxygens (including phenoxy) is 14. The summed E-state index contributed by atoms with van der Waals surface area (Å²) in [6, 6.07) is 0. The molecule has 0 aromatic rings. The molecule has 0 aromatic heterocycles. The van der Waals surface area contributed by atoms with Gasteiger partial charge >= 0.3 is 5.97 Å². The predicted molar refractivity (Wildman–Crippen MR) is 238 cm³/mol. The lowest BCUT2D eigenvalue weighted by Crippen LogP contribution is -2.74. The number of aliphatic hydroxyl groups is 22. The maximum atomic E-state index is 12.1. The van der Waals surface area contributed by atoms with E-state index in [1.807, 2.05) is 0 Å². The van der Waals surface area contributed by atoms with E-state index >= 15 is 0 Å². The van der Waals surface area contributed by atoms with E-state index in [1.165, 1.54) is 0 Å². The fourth-order valence-electron chi connectivity index (χ4n) is 10.5. The monoisotopic (exact) mass is 1180 g/mol. The molecule has 0 aromatic carbocycles. The van der Waals surface area contributed by atoms with Crippen LogP contribution in [0.25, 0.3) is 0 Å². The highest BCUT2D eigenvalue weighted by Crippen LogP contribution is 2.45. The molecule has 0 radical (unpaired) electrons. The van der Waals surface area contributed by atoms with Crippen LogP contribution in [-0.4, -0.2) is 372 Å². The number of hydrogen-bond acceptors (Lipinski definition) is 37. The van der Waals surface area contributed by atoms with E-state index < -0.39 is 260 Å². The van der Waals surface area contributed by atoms with E-state index in [2.05, 4.69) is 12.6 Å². The van der Waals surface area contributed by atoms with Gasteiger partial charge in [0.05, 0.1) is 46.2 Å². The first-order chi connectivity index (χ1) is 37.3. The average Bonchev–Trinajstić information content (AvgIpc) is 3.47. The summed E-state index contributed by atoms with van der Waals surface area (Å²) in [5.74, 6) is -3.77. The molecule has 23 fully saturated rings. The fraction of sp³-hybridized carbons (Fsp3) is 1.00. The van der Waals surface area contributed by atoms with Crippen molar-refractivity contribution in [2.75, 3.05) is 46.2 Å². The van der Waals surface area contributed by atoms with Crippen molar-refractivity contribution in [1.82, 2.24) is 0 Å². The highest BCUT2D eigenvalue weighted by molar-refractivity contribution is 7.81. The van der Waals surface area contributed by atoms with Crippen LogP contribution in [0, 0.1) is 0 Å². The minimum absolute atomic E-state index is 1.05. The second kappa shape index (κ2) is 25.9. The van der Waals surface area contributed by atoms with E-state index in [9.17, 15) is 112 Å². The number of hydrogen-bond donors (Lipinski definition) is 23. The number of rotatable bonds is 9. The molecule has 0 aliphatic carbocycles. The quantitative estimate of drug-likeness (QED) is 0.0753. The smallest absolute Gasteiger partial charge is 0.324 e. The molecule has 35 atom stereocenters. The highest BCUT2D eigenvalue weighted by atomic mass is 32.1. The van der Waals surface area contributed by atoms with Crippen LogP contribution in [0.3, 0.4) is 0 Å². The van der Waals surface area contributed by atoms with E-state index in [1.54, 1.807) is 0 Å². The van der Waals surface area contributed by atoms with Crippen molar-refractivity contribution in [3.8, 4) is 0 Å². The molecule has 23 aliphatic heterocycles. The van der Waals surface area contributed by atoms with Crippen molar-refractivity contribution in [2.45, 2.75) is 213 Å². The maximum Gasteiger partial charge on any atom is 0.324 e. The summed E-state index contributed by atoms with van der Waals surface area (Å²) < 4.78 is 79.7. The molecule has 23 aliphatic rings. The SMILES string of the molecule is OC[C@H]1OC(O)(O[C@@H]2[C@@H](O)[C@H]3O[C@H]4[C@H](O)[C@@H](O)[C@@H](O[C@H]5[C@H](O)[C@@H](O)[C@@H](O[C@H]6[C@H](O)[C@@H](O)[C@@H](O[C@H]7[C@H](O)[C@@H](O)[C@@H](O[C@H]8[C@H](O)[C@@H](O)[C@@H](O[C@H]2[C@@H](CO)O3)O[C@@H]8CO)O[C@@H]7CO)O[C@@H]6CO)O[C@@H]5CO)O[C@@H]4CO)[C@](O)(S)[C@@H](O)[C@@H]1O. The summed E-state index contributed by atoms with van der Waals surface area (Å²) in [4.78, 5) is -3.43. The first-order valence-electron chi connectivity index (χ1n) is 24.8. The zero-order chi connectivity index (χ0) is 57.9. The summed E-state index contributed by atoms with van der Waals surface area (Å²) in [7, 11) is 0. The van der Waals surface area contributed by atoms with E-state index in [4.69, 9.17) is 66.3 Å². The van der Waals surface area contributed by atoms with Gasteiger partial charge in [-0.15, -0.1) is 12.6 Å². The molecule has 23 rings (SSSR count). The van der Waals surface area contributed by atoms with Crippen molar-refractivity contribution in [1.29, 1.82) is 0 Å². The standard InChI is InChI=1S/C42H70O36S/c43-1-8-15(50)34(62)41(63,79)42(64,77-8)78-33-26(61)40-70-14(7-49)32(33)76-39-25(60)20(55)30(12(5-47)69-39)74-37-23(58)18(53)28(10(3-45)67-37)72-35-21(56)16(51)27(9(2-44)65-35)71-36-22(57)17(52)29(11(4-46)66-36)73-38-24(59)19(54)31(75-40)13(6-48)68-38/h8-40,43-64,79H,1-7H2/t8-,9-,10-,11-,12-,13-,14-,15-,16-,17-,18-,19-,20-,21-,22-,23-,24-,25-,26-,27-,28-,29-,30-,31-,32+,33-,34+,35-,36-,37-,38-,39-,40-,41-,42?/m1/s1. The minimum Gasteiger partial charge on any atom is -0.394 e. The Morgan fingerprint density at radius 1 is 0.291 bits per heavy atom. The molecular weight excluding hydrogens is 1110 g/mol. The van der Waals surface area contributed by atoms with Gasteiger partial charge in [0.2, 0.25) is 4.93 Å². The van der Waals surface area contributed by atoms with Crippen LogP contribution in [-0.2, 0) is 66.3 Å². The number of aliphatic hydroxyl groups excluding tert-OH is 20. The topological polar surface area (TPSA) is 574 Å². The lowest BCUT2D eigenvalue weighted by molar-refractivity contribution is -0.487. The Morgan fingerprint density at radius 3 is 0.772 bits per heavy atom. The lowest BCUT2D eigenvalue weighted by Gasteiger charge is -2.54. The minimum atomic E-state index is -3.77. The van der Waals surface area contributed by atoms with Gasteiger partial charge in [-0.2, -0.15) is 0 Å². The Hall–Kier alpha value is -1.09. The summed E-state index contributed by atoms with van der Waals surface area (Å²) in [5.41, 5.74) is 0. The van der Waals surface area contributed by atoms with E-state index in [0.717, 1.165) is 0 Å². The van der Waals surface area contributed by atoms with Gasteiger partial charge in [-0.3, -0.25) is 0 Å². The average molecular weight is 1180 g/mol. The van der Waals surface area contributed by atoms with Gasteiger partial charge in [-0.1, -0.05) is 0 Å². The van der Waals surface area contributed by atoms with Crippen LogP contribution in [0.2, 0.25) is 0 Å². The van der Waals surface area contributed by atoms with Crippen molar-refractivity contribution in [2.24, 2.45) is 0 Å². The molecule has 1 unspecified atom stereocenters. The van der Waals surface area contributed by atoms with E-state index in [0.29, 0.717) is 0 Å². The maximum absolute atomic E-state index is 12.1. The van der Waals surface area contributed by atoms with Crippen molar-refractivity contribution >= 4 is 12.6 Å². The summed E-state index contributed by atoms with van der Waals surface area (Å²) in [6.07, 6.45) is -70.5. The third-order valence-corrected chi connectivity index (χ3v) is 15.6. The van der Waals surface area contributed by atoms with Gasteiger partial charge in [0.1, 0.15) is 165 Å². The van der Waals surface area contributed by atoms with Gasteiger partial charge in [0.25, 0.3) is 0 Å². The largest absolute Gasteiger partial charge is 0.394 e. The first-order valence-corrected chi connectivity index (χ1v) is 25.3. The molecule has 12 bridgehead atoms.